The third kappa shape index (κ3) is 5.36. The monoisotopic (exact) mass is 492 g/mol. The first-order chi connectivity index (χ1) is 15.7. The summed E-state index contributed by atoms with van der Waals surface area (Å²) >= 11 is 2.11. The third-order valence-electron chi connectivity index (χ3n) is 5.07. The number of alkyl halides is 3. The molecule has 0 bridgehead atoms. The lowest BCUT2D eigenvalue weighted by Crippen LogP contribution is -2.19. The van der Waals surface area contributed by atoms with Crippen molar-refractivity contribution in [2.45, 2.75) is 37.0 Å². The average Bonchev–Trinajstić information content (AvgIpc) is 3.15. The Morgan fingerprint density at radius 1 is 1.12 bits per heavy atom. The van der Waals surface area contributed by atoms with Crippen LogP contribution in [0.15, 0.2) is 41.6 Å². The minimum atomic E-state index is -4.66. The number of anilines is 1. The van der Waals surface area contributed by atoms with Gasteiger partial charge >= 0.3 is 6.18 Å². The minimum absolute atomic E-state index is 0.114. The number of fused-ring (bicyclic) bond motifs is 1. The van der Waals surface area contributed by atoms with Crippen molar-refractivity contribution in [1.82, 2.24) is 9.97 Å². The summed E-state index contributed by atoms with van der Waals surface area (Å²) < 4.78 is 40.1. The topological polar surface area (TPSA) is 98.0 Å². The highest BCUT2D eigenvalue weighted by molar-refractivity contribution is 7.99. The molecule has 172 valence electrons. The van der Waals surface area contributed by atoms with E-state index >= 15 is 0 Å². The van der Waals surface area contributed by atoms with Crippen molar-refractivity contribution in [2.75, 3.05) is 11.1 Å². The van der Waals surface area contributed by atoms with Crippen molar-refractivity contribution in [3.05, 3.63) is 58.1 Å². The number of nitrogens with one attached hydrogen (secondary N) is 1. The van der Waals surface area contributed by atoms with Gasteiger partial charge in [0.2, 0.25) is 5.91 Å². The fourth-order valence-electron chi connectivity index (χ4n) is 3.60. The molecule has 0 saturated carbocycles. The van der Waals surface area contributed by atoms with Gasteiger partial charge in [0.1, 0.15) is 10.7 Å². The molecule has 0 spiro atoms. The first-order valence-electron chi connectivity index (χ1n) is 10.1. The Morgan fingerprint density at radius 2 is 1.85 bits per heavy atom. The van der Waals surface area contributed by atoms with Crippen LogP contribution in [0.4, 0.5) is 18.2 Å². The van der Waals surface area contributed by atoms with Gasteiger partial charge < -0.3 is 11.1 Å². The van der Waals surface area contributed by atoms with Crippen molar-refractivity contribution in [3.63, 3.8) is 0 Å². The van der Waals surface area contributed by atoms with Crippen molar-refractivity contribution in [3.8, 4) is 11.3 Å². The fraction of sp³-hybridized carbons (Fsp3) is 0.273. The second-order valence-electron chi connectivity index (χ2n) is 7.40. The van der Waals surface area contributed by atoms with E-state index in [0.717, 1.165) is 54.0 Å². The summed E-state index contributed by atoms with van der Waals surface area (Å²) in [6.45, 7) is 0. The predicted octanol–water partition coefficient (Wildman–Crippen LogP) is 4.93. The molecule has 2 aromatic heterocycles. The normalized spacial score (nSPS) is 13.4. The number of amides is 2. The summed E-state index contributed by atoms with van der Waals surface area (Å²) in [5.74, 6) is -1.31. The molecule has 0 aliphatic heterocycles. The lowest BCUT2D eigenvalue weighted by atomic mass is 9.95. The summed E-state index contributed by atoms with van der Waals surface area (Å²) in [5, 5.41) is 2.91. The van der Waals surface area contributed by atoms with E-state index in [1.807, 2.05) is 0 Å². The molecule has 0 saturated heterocycles. The number of aryl methyl sites for hydroxylation is 1. The number of carbonyl (C=O) groups is 2. The molecule has 2 heterocycles. The molecule has 3 aromatic rings. The molecule has 4 rings (SSSR count). The van der Waals surface area contributed by atoms with E-state index in [2.05, 4.69) is 15.3 Å². The van der Waals surface area contributed by atoms with E-state index in [0.29, 0.717) is 16.1 Å². The highest BCUT2D eigenvalue weighted by Crippen LogP contribution is 2.38. The van der Waals surface area contributed by atoms with Crippen LogP contribution in [0, 0.1) is 0 Å². The van der Waals surface area contributed by atoms with Crippen molar-refractivity contribution < 1.29 is 22.8 Å². The van der Waals surface area contributed by atoms with E-state index in [1.165, 1.54) is 11.3 Å². The van der Waals surface area contributed by atoms with Gasteiger partial charge in [-0.1, -0.05) is 42.1 Å². The number of thiophene rings is 1. The number of aromatic nitrogens is 2. The molecule has 33 heavy (non-hydrogen) atoms. The number of rotatable bonds is 6. The zero-order valence-corrected chi connectivity index (χ0v) is 18.9. The van der Waals surface area contributed by atoms with Gasteiger partial charge in [0.25, 0.3) is 5.91 Å². The SMILES string of the molecule is NC(=O)c1c(NC(=O)CSc2nc(-c3ccccc3)cc(C(F)(F)F)n2)sc2c1CCCC2. The van der Waals surface area contributed by atoms with Gasteiger partial charge in [-0.25, -0.2) is 9.97 Å². The number of nitrogens with two attached hydrogens (primary N) is 1. The van der Waals surface area contributed by atoms with Gasteiger partial charge in [0.15, 0.2) is 5.16 Å². The van der Waals surface area contributed by atoms with Gasteiger partial charge in [0.05, 0.1) is 17.0 Å². The Hall–Kier alpha value is -2.92. The summed E-state index contributed by atoms with van der Waals surface area (Å²) in [7, 11) is 0. The summed E-state index contributed by atoms with van der Waals surface area (Å²) in [5.41, 5.74) is 6.29. The zero-order chi connectivity index (χ0) is 23.6. The van der Waals surface area contributed by atoms with Crippen LogP contribution in [-0.2, 0) is 23.8 Å². The first kappa shape index (κ1) is 23.2. The second kappa shape index (κ2) is 9.52. The Kier molecular flexibility index (Phi) is 6.71. The predicted molar refractivity (Wildman–Crippen MR) is 121 cm³/mol. The molecule has 1 aliphatic carbocycles. The van der Waals surface area contributed by atoms with Crippen LogP contribution in [0.5, 0.6) is 0 Å². The number of nitrogens with zero attached hydrogens (tertiary/aromatic N) is 2. The van der Waals surface area contributed by atoms with Gasteiger partial charge in [-0.15, -0.1) is 11.3 Å². The third-order valence-corrected chi connectivity index (χ3v) is 7.12. The largest absolute Gasteiger partial charge is 0.433 e. The first-order valence-corrected chi connectivity index (χ1v) is 11.9. The maximum Gasteiger partial charge on any atom is 0.433 e. The Labute approximate surface area is 195 Å². The average molecular weight is 493 g/mol. The zero-order valence-electron chi connectivity index (χ0n) is 17.2. The number of halogens is 3. The molecular formula is C22H19F3N4O2S2. The number of hydrogen-bond acceptors (Lipinski definition) is 6. The van der Waals surface area contributed by atoms with Crippen molar-refractivity contribution in [2.24, 2.45) is 5.73 Å². The van der Waals surface area contributed by atoms with Crippen molar-refractivity contribution >= 4 is 39.9 Å². The van der Waals surface area contributed by atoms with Crippen molar-refractivity contribution in [1.29, 1.82) is 0 Å². The molecule has 0 unspecified atom stereocenters. The van der Waals surface area contributed by atoms with E-state index in [9.17, 15) is 22.8 Å². The quantitative estimate of drug-likeness (QED) is 0.376. The van der Waals surface area contributed by atoms with Crippen LogP contribution in [0.3, 0.4) is 0 Å². The molecular weight excluding hydrogens is 473 g/mol. The maximum absolute atomic E-state index is 13.4. The Bertz CT molecular complexity index is 1200. The van der Waals surface area contributed by atoms with Gasteiger partial charge in [-0.05, 0) is 37.3 Å². The maximum atomic E-state index is 13.4. The smallest absolute Gasteiger partial charge is 0.365 e. The van der Waals surface area contributed by atoms with Crippen LogP contribution < -0.4 is 11.1 Å². The number of hydrogen-bond donors (Lipinski definition) is 2. The van der Waals surface area contributed by atoms with Gasteiger partial charge in [-0.3, -0.25) is 9.59 Å². The highest BCUT2D eigenvalue weighted by Gasteiger charge is 2.34. The minimum Gasteiger partial charge on any atom is -0.365 e. The standard InChI is InChI=1S/C22H19F3N4O2S2/c23-22(24,25)16-10-14(12-6-2-1-3-7-12)27-21(28-16)32-11-17(30)29-20-18(19(26)31)13-8-4-5-9-15(13)33-20/h1-3,6-7,10H,4-5,8-9,11H2,(H2,26,31)(H,29,30). The highest BCUT2D eigenvalue weighted by atomic mass is 32.2. The molecule has 1 aliphatic rings. The van der Waals surface area contributed by atoms with Crippen LogP contribution in [0.25, 0.3) is 11.3 Å². The molecule has 0 fully saturated rings. The molecule has 11 heteroatoms. The van der Waals surface area contributed by atoms with Crippen LogP contribution in [-0.4, -0.2) is 27.5 Å². The van der Waals surface area contributed by atoms with E-state index < -0.39 is 23.7 Å². The summed E-state index contributed by atoms with van der Waals surface area (Å²) in [6, 6.07) is 9.32. The van der Waals surface area contributed by atoms with Gasteiger partial charge in [-0.2, -0.15) is 13.2 Å². The fourth-order valence-corrected chi connectivity index (χ4v) is 5.57. The van der Waals surface area contributed by atoms with E-state index in [4.69, 9.17) is 5.73 Å². The number of carbonyl (C=O) groups excluding carboxylic acids is 2. The van der Waals surface area contributed by atoms with Crippen LogP contribution in [0.2, 0.25) is 0 Å². The van der Waals surface area contributed by atoms with Gasteiger partial charge in [0, 0.05) is 10.4 Å². The summed E-state index contributed by atoms with van der Waals surface area (Å²) in [6.07, 6.45) is -1.15. The molecule has 3 N–H and O–H groups in total. The number of benzene rings is 1. The second-order valence-corrected chi connectivity index (χ2v) is 9.45. The number of thioether (sulfide) groups is 1. The summed E-state index contributed by atoms with van der Waals surface area (Å²) in [4.78, 5) is 33.3. The molecule has 1 aromatic carbocycles. The van der Waals surface area contributed by atoms with E-state index in [1.54, 1.807) is 30.3 Å². The molecule has 0 atom stereocenters. The Morgan fingerprint density at radius 3 is 2.55 bits per heavy atom. The van der Waals surface area contributed by atoms with E-state index in [-0.39, 0.29) is 16.6 Å². The molecule has 0 radical (unpaired) electrons. The van der Waals surface area contributed by atoms with Crippen LogP contribution >= 0.6 is 23.1 Å². The molecule has 6 nitrogen and oxygen atoms in total. The van der Waals surface area contributed by atoms with Crippen LogP contribution in [0.1, 0.15) is 39.3 Å². The number of primary amides is 1. The lowest BCUT2D eigenvalue weighted by Gasteiger charge is -2.11. The molecule has 2 amide bonds. The lowest BCUT2D eigenvalue weighted by molar-refractivity contribution is -0.141. The Balaban J connectivity index is 1.53.